The molecule has 0 aromatic heterocycles. The maximum absolute atomic E-state index is 6.22. The van der Waals surface area contributed by atoms with E-state index in [1.807, 2.05) is 0 Å². The van der Waals surface area contributed by atoms with E-state index >= 15 is 0 Å². The summed E-state index contributed by atoms with van der Waals surface area (Å²) in [6.45, 7) is 7.08. The van der Waals surface area contributed by atoms with Crippen molar-refractivity contribution in [2.45, 2.75) is 50.3 Å². The lowest BCUT2D eigenvalue weighted by Crippen LogP contribution is -2.55. The van der Waals surface area contributed by atoms with Crippen LogP contribution in [0.1, 0.15) is 32.6 Å². The summed E-state index contributed by atoms with van der Waals surface area (Å²) < 4.78 is 11.6. The summed E-state index contributed by atoms with van der Waals surface area (Å²) in [6.07, 6.45) is 4.60. The van der Waals surface area contributed by atoms with E-state index in [1.54, 1.807) is 0 Å². The van der Waals surface area contributed by atoms with Gasteiger partial charge in [-0.05, 0) is 31.7 Å². The molecular formula is C14H26N2O2. The highest BCUT2D eigenvalue weighted by molar-refractivity contribution is 4.95. The zero-order valence-electron chi connectivity index (χ0n) is 11.4. The summed E-state index contributed by atoms with van der Waals surface area (Å²) in [5, 5.41) is 0. The minimum atomic E-state index is 0.0239. The lowest BCUT2D eigenvalue weighted by Gasteiger charge is -2.45. The van der Waals surface area contributed by atoms with E-state index in [-0.39, 0.29) is 5.60 Å². The van der Waals surface area contributed by atoms with Crippen LogP contribution in [0.15, 0.2) is 0 Å². The largest absolute Gasteiger partial charge is 0.378 e. The molecule has 3 heterocycles. The number of nitrogens with zero attached hydrogens (tertiary/aromatic N) is 1. The predicted octanol–water partition coefficient (Wildman–Crippen LogP) is 0.994. The molecule has 3 aliphatic rings. The van der Waals surface area contributed by atoms with Crippen molar-refractivity contribution >= 4 is 0 Å². The Bertz CT molecular complexity index is 292. The van der Waals surface area contributed by atoms with Crippen LogP contribution in [0.25, 0.3) is 0 Å². The fraction of sp³-hybridized carbons (Fsp3) is 1.00. The Morgan fingerprint density at radius 1 is 1.28 bits per heavy atom. The second kappa shape index (κ2) is 5.08. The van der Waals surface area contributed by atoms with Crippen LogP contribution in [0.4, 0.5) is 0 Å². The van der Waals surface area contributed by atoms with Crippen LogP contribution in [0, 0.1) is 5.92 Å². The molecule has 4 heteroatoms. The molecule has 0 aromatic carbocycles. The van der Waals surface area contributed by atoms with Gasteiger partial charge in [-0.1, -0.05) is 6.92 Å². The van der Waals surface area contributed by atoms with Gasteiger partial charge in [-0.25, -0.2) is 0 Å². The van der Waals surface area contributed by atoms with Crippen LogP contribution < -0.4 is 5.73 Å². The molecule has 4 unspecified atom stereocenters. The van der Waals surface area contributed by atoms with Crippen LogP contribution in [-0.2, 0) is 9.47 Å². The highest BCUT2D eigenvalue weighted by Crippen LogP contribution is 2.35. The standard InChI is InChI=1S/C14H26N2O2/c1-11-2-5-16(9-13(11)15)12-3-6-18-14(8-12)4-7-17-10-14/h11-13H,2-10,15H2,1H3. The first-order valence-corrected chi connectivity index (χ1v) is 7.40. The second-order valence-corrected chi connectivity index (χ2v) is 6.41. The number of hydrogen-bond acceptors (Lipinski definition) is 4. The summed E-state index contributed by atoms with van der Waals surface area (Å²) in [5.74, 6) is 0.671. The molecule has 0 saturated carbocycles. The molecule has 0 bridgehead atoms. The van der Waals surface area contributed by atoms with Crippen molar-refractivity contribution in [3.63, 3.8) is 0 Å². The highest BCUT2D eigenvalue weighted by Gasteiger charge is 2.43. The van der Waals surface area contributed by atoms with Crippen LogP contribution in [-0.4, -0.2) is 55.5 Å². The molecule has 2 N–H and O–H groups in total. The molecular weight excluding hydrogens is 228 g/mol. The molecule has 104 valence electrons. The van der Waals surface area contributed by atoms with Gasteiger partial charge in [0.2, 0.25) is 0 Å². The van der Waals surface area contributed by atoms with E-state index in [0.717, 1.165) is 45.6 Å². The number of rotatable bonds is 1. The molecule has 18 heavy (non-hydrogen) atoms. The Labute approximate surface area is 110 Å². The van der Waals surface area contributed by atoms with Crippen LogP contribution in [0.5, 0.6) is 0 Å². The Morgan fingerprint density at radius 3 is 2.89 bits per heavy atom. The quantitative estimate of drug-likeness (QED) is 0.758. The van der Waals surface area contributed by atoms with Crippen molar-refractivity contribution < 1.29 is 9.47 Å². The van der Waals surface area contributed by atoms with Gasteiger partial charge in [0.25, 0.3) is 0 Å². The third-order valence-electron chi connectivity index (χ3n) is 5.10. The fourth-order valence-corrected chi connectivity index (χ4v) is 3.63. The zero-order valence-corrected chi connectivity index (χ0v) is 11.4. The minimum Gasteiger partial charge on any atom is -0.378 e. The van der Waals surface area contributed by atoms with Crippen molar-refractivity contribution in [1.82, 2.24) is 4.90 Å². The SMILES string of the molecule is CC1CCN(C2CCOC3(CCOC3)C2)CC1N. The van der Waals surface area contributed by atoms with Crippen molar-refractivity contribution in [3.8, 4) is 0 Å². The van der Waals surface area contributed by atoms with Gasteiger partial charge in [0.05, 0.1) is 12.2 Å². The van der Waals surface area contributed by atoms with Gasteiger partial charge in [-0.2, -0.15) is 0 Å². The summed E-state index contributed by atoms with van der Waals surface area (Å²) in [5.41, 5.74) is 6.25. The van der Waals surface area contributed by atoms with E-state index in [2.05, 4.69) is 11.8 Å². The first-order chi connectivity index (χ1) is 8.69. The van der Waals surface area contributed by atoms with Crippen molar-refractivity contribution in [2.75, 3.05) is 32.9 Å². The van der Waals surface area contributed by atoms with E-state index in [9.17, 15) is 0 Å². The number of nitrogens with two attached hydrogens (primary N) is 1. The number of ether oxygens (including phenoxy) is 2. The molecule has 3 fully saturated rings. The molecule has 3 rings (SSSR count). The second-order valence-electron chi connectivity index (χ2n) is 6.41. The fourth-order valence-electron chi connectivity index (χ4n) is 3.63. The van der Waals surface area contributed by atoms with E-state index in [0.29, 0.717) is 18.0 Å². The molecule has 1 spiro atoms. The lowest BCUT2D eigenvalue weighted by molar-refractivity contribution is -0.109. The average molecular weight is 254 g/mol. The Hall–Kier alpha value is -0.160. The van der Waals surface area contributed by atoms with Crippen LogP contribution in [0.2, 0.25) is 0 Å². The number of piperidine rings is 1. The third-order valence-corrected chi connectivity index (χ3v) is 5.10. The summed E-state index contributed by atoms with van der Waals surface area (Å²) >= 11 is 0. The lowest BCUT2D eigenvalue weighted by atomic mass is 9.86. The van der Waals surface area contributed by atoms with E-state index in [1.165, 1.54) is 13.0 Å². The molecule has 0 radical (unpaired) electrons. The smallest absolute Gasteiger partial charge is 0.0951 e. The summed E-state index contributed by atoms with van der Waals surface area (Å²) in [6, 6.07) is 0.997. The van der Waals surface area contributed by atoms with Gasteiger partial charge >= 0.3 is 0 Å². The topological polar surface area (TPSA) is 47.7 Å². The normalized spacial score (nSPS) is 46.7. The van der Waals surface area contributed by atoms with Crippen LogP contribution in [0.3, 0.4) is 0 Å². The third kappa shape index (κ3) is 2.44. The van der Waals surface area contributed by atoms with E-state index in [4.69, 9.17) is 15.2 Å². The van der Waals surface area contributed by atoms with E-state index < -0.39 is 0 Å². The van der Waals surface area contributed by atoms with Crippen LogP contribution >= 0.6 is 0 Å². The summed E-state index contributed by atoms with van der Waals surface area (Å²) in [7, 11) is 0. The molecule has 3 aliphatic heterocycles. The summed E-state index contributed by atoms with van der Waals surface area (Å²) in [4.78, 5) is 2.60. The first kappa shape index (κ1) is 12.9. The van der Waals surface area contributed by atoms with Crippen molar-refractivity contribution in [1.29, 1.82) is 0 Å². The molecule has 0 aliphatic carbocycles. The van der Waals surface area contributed by atoms with Gasteiger partial charge in [0.1, 0.15) is 0 Å². The van der Waals surface area contributed by atoms with Gasteiger partial charge in [0.15, 0.2) is 0 Å². The molecule has 4 nitrogen and oxygen atoms in total. The minimum absolute atomic E-state index is 0.0239. The number of likely N-dealkylation sites (tertiary alicyclic amines) is 1. The molecule has 0 aromatic rings. The Morgan fingerprint density at radius 2 is 2.17 bits per heavy atom. The zero-order chi connectivity index (χ0) is 12.6. The maximum Gasteiger partial charge on any atom is 0.0951 e. The highest BCUT2D eigenvalue weighted by atomic mass is 16.6. The van der Waals surface area contributed by atoms with Crippen molar-refractivity contribution in [3.05, 3.63) is 0 Å². The molecule has 3 saturated heterocycles. The van der Waals surface area contributed by atoms with Gasteiger partial charge in [-0.3, -0.25) is 4.90 Å². The molecule has 4 atom stereocenters. The molecule has 0 amide bonds. The monoisotopic (exact) mass is 254 g/mol. The van der Waals surface area contributed by atoms with Crippen molar-refractivity contribution in [2.24, 2.45) is 11.7 Å². The average Bonchev–Trinajstić information content (AvgIpc) is 2.81. The number of hydrogen-bond donors (Lipinski definition) is 1. The predicted molar refractivity (Wildman–Crippen MR) is 70.5 cm³/mol. The Balaban J connectivity index is 1.62. The maximum atomic E-state index is 6.22. The Kier molecular flexibility index (Phi) is 3.63. The van der Waals surface area contributed by atoms with Gasteiger partial charge in [-0.15, -0.1) is 0 Å². The van der Waals surface area contributed by atoms with Gasteiger partial charge < -0.3 is 15.2 Å². The van der Waals surface area contributed by atoms with Gasteiger partial charge in [0, 0.05) is 38.3 Å². The first-order valence-electron chi connectivity index (χ1n) is 7.40.